The van der Waals surface area contributed by atoms with Crippen LogP contribution >= 0.6 is 11.3 Å². The molecule has 6 heteroatoms. The van der Waals surface area contributed by atoms with Crippen LogP contribution in [-0.4, -0.2) is 31.2 Å². The standard InChI is InChI=1S/C12H20F2N2OS/c1-4-15-8(2)12-9(3)16-11(18-12)5-6-17-7-10(13)14/h8,10,15H,4-7H2,1-3H3. The molecule has 1 aromatic rings. The van der Waals surface area contributed by atoms with E-state index < -0.39 is 13.0 Å². The van der Waals surface area contributed by atoms with Crippen molar-refractivity contribution in [3.63, 3.8) is 0 Å². The predicted molar refractivity (Wildman–Crippen MR) is 69.5 cm³/mol. The predicted octanol–water partition coefficient (Wildman–Crippen LogP) is 2.95. The molecular weight excluding hydrogens is 258 g/mol. The number of ether oxygens (including phenoxy) is 1. The molecule has 0 amide bonds. The summed E-state index contributed by atoms with van der Waals surface area (Å²) in [5, 5.41) is 4.28. The van der Waals surface area contributed by atoms with Gasteiger partial charge in [-0.25, -0.2) is 13.8 Å². The Bertz CT molecular complexity index is 358. The third kappa shape index (κ3) is 4.96. The minimum Gasteiger partial charge on any atom is -0.375 e. The van der Waals surface area contributed by atoms with Crippen LogP contribution in [0.15, 0.2) is 0 Å². The van der Waals surface area contributed by atoms with Gasteiger partial charge >= 0.3 is 0 Å². The lowest BCUT2D eigenvalue weighted by Crippen LogP contribution is -2.17. The number of rotatable bonds is 8. The summed E-state index contributed by atoms with van der Waals surface area (Å²) in [4.78, 5) is 5.65. The molecule has 104 valence electrons. The lowest BCUT2D eigenvalue weighted by Gasteiger charge is -2.09. The van der Waals surface area contributed by atoms with Gasteiger partial charge in [0.2, 0.25) is 0 Å². The highest BCUT2D eigenvalue weighted by atomic mass is 32.1. The number of alkyl halides is 2. The van der Waals surface area contributed by atoms with E-state index in [1.54, 1.807) is 11.3 Å². The highest BCUT2D eigenvalue weighted by Crippen LogP contribution is 2.25. The molecule has 0 aliphatic carbocycles. The van der Waals surface area contributed by atoms with Gasteiger partial charge in [0.25, 0.3) is 6.43 Å². The molecule has 1 unspecified atom stereocenters. The molecule has 0 saturated carbocycles. The topological polar surface area (TPSA) is 34.1 Å². The third-order valence-electron chi connectivity index (χ3n) is 2.48. The summed E-state index contributed by atoms with van der Waals surface area (Å²) in [5.41, 5.74) is 1.01. The average Bonchev–Trinajstić information content (AvgIpc) is 2.66. The highest BCUT2D eigenvalue weighted by molar-refractivity contribution is 7.11. The van der Waals surface area contributed by atoms with Crippen molar-refractivity contribution in [1.29, 1.82) is 0 Å². The third-order valence-corrected chi connectivity index (χ3v) is 3.88. The lowest BCUT2D eigenvalue weighted by atomic mass is 10.2. The van der Waals surface area contributed by atoms with E-state index in [0.29, 0.717) is 13.0 Å². The SMILES string of the molecule is CCNC(C)c1sc(CCOCC(F)F)nc1C. The second kappa shape index (κ2) is 7.76. The summed E-state index contributed by atoms with van der Waals surface area (Å²) in [5.74, 6) is 0. The Morgan fingerprint density at radius 3 is 2.78 bits per heavy atom. The summed E-state index contributed by atoms with van der Waals surface area (Å²) >= 11 is 1.63. The van der Waals surface area contributed by atoms with Gasteiger partial charge in [-0.15, -0.1) is 11.3 Å². The van der Waals surface area contributed by atoms with Crippen LogP contribution in [0.5, 0.6) is 0 Å². The minimum absolute atomic E-state index is 0.281. The van der Waals surface area contributed by atoms with E-state index in [9.17, 15) is 8.78 Å². The van der Waals surface area contributed by atoms with Gasteiger partial charge in [0.1, 0.15) is 6.61 Å². The number of hydrogen-bond donors (Lipinski definition) is 1. The van der Waals surface area contributed by atoms with E-state index in [2.05, 4.69) is 24.1 Å². The van der Waals surface area contributed by atoms with Gasteiger partial charge in [0.05, 0.1) is 17.3 Å². The molecule has 0 aliphatic heterocycles. The Kier molecular flexibility index (Phi) is 6.67. The lowest BCUT2D eigenvalue weighted by molar-refractivity contribution is 0.0187. The Balaban J connectivity index is 2.45. The minimum atomic E-state index is -2.40. The molecule has 1 atom stereocenters. The molecule has 0 fully saturated rings. The Hall–Kier alpha value is -0.590. The number of thiazole rings is 1. The maximum absolute atomic E-state index is 11.9. The maximum Gasteiger partial charge on any atom is 0.261 e. The normalized spacial score (nSPS) is 13.2. The van der Waals surface area contributed by atoms with Crippen molar-refractivity contribution in [2.45, 2.75) is 39.7 Å². The van der Waals surface area contributed by atoms with Gasteiger partial charge in [0.15, 0.2) is 0 Å². The zero-order valence-electron chi connectivity index (χ0n) is 11.0. The van der Waals surface area contributed by atoms with E-state index in [-0.39, 0.29) is 6.04 Å². The quantitative estimate of drug-likeness (QED) is 0.742. The first kappa shape index (κ1) is 15.5. The van der Waals surface area contributed by atoms with Crippen molar-refractivity contribution in [2.75, 3.05) is 19.8 Å². The fourth-order valence-corrected chi connectivity index (χ4v) is 2.78. The van der Waals surface area contributed by atoms with Crippen LogP contribution in [0.2, 0.25) is 0 Å². The van der Waals surface area contributed by atoms with Crippen LogP contribution in [0.4, 0.5) is 8.78 Å². The molecule has 0 aliphatic rings. The van der Waals surface area contributed by atoms with E-state index in [1.807, 2.05) is 6.92 Å². The summed E-state index contributed by atoms with van der Waals surface area (Å²) in [6.45, 7) is 6.85. The first-order valence-electron chi connectivity index (χ1n) is 6.10. The van der Waals surface area contributed by atoms with Crippen molar-refractivity contribution in [1.82, 2.24) is 10.3 Å². The van der Waals surface area contributed by atoms with Gasteiger partial charge in [-0.1, -0.05) is 6.92 Å². The van der Waals surface area contributed by atoms with Crippen molar-refractivity contribution >= 4 is 11.3 Å². The number of nitrogens with zero attached hydrogens (tertiary/aromatic N) is 1. The number of halogens is 2. The van der Waals surface area contributed by atoms with Crippen LogP contribution in [-0.2, 0) is 11.2 Å². The Morgan fingerprint density at radius 1 is 1.44 bits per heavy atom. The van der Waals surface area contributed by atoms with Gasteiger partial charge in [0, 0.05) is 17.3 Å². The van der Waals surface area contributed by atoms with Crippen LogP contribution in [0.3, 0.4) is 0 Å². The molecule has 1 heterocycles. The molecular formula is C12H20F2N2OS. The number of nitrogens with one attached hydrogen (secondary N) is 1. The molecule has 0 radical (unpaired) electrons. The largest absolute Gasteiger partial charge is 0.375 e. The Morgan fingerprint density at radius 2 is 2.17 bits per heavy atom. The smallest absolute Gasteiger partial charge is 0.261 e. The first-order valence-corrected chi connectivity index (χ1v) is 6.91. The molecule has 0 spiro atoms. The van der Waals surface area contributed by atoms with Crippen LogP contribution in [0.1, 0.15) is 35.5 Å². The maximum atomic E-state index is 11.9. The van der Waals surface area contributed by atoms with Gasteiger partial charge < -0.3 is 10.1 Å². The van der Waals surface area contributed by atoms with E-state index >= 15 is 0 Å². The monoisotopic (exact) mass is 278 g/mol. The van der Waals surface area contributed by atoms with Crippen molar-refractivity contribution in [3.05, 3.63) is 15.6 Å². The van der Waals surface area contributed by atoms with E-state index in [1.165, 1.54) is 4.88 Å². The van der Waals surface area contributed by atoms with Crippen molar-refractivity contribution in [2.24, 2.45) is 0 Å². The molecule has 1 aromatic heterocycles. The highest BCUT2D eigenvalue weighted by Gasteiger charge is 2.13. The summed E-state index contributed by atoms with van der Waals surface area (Å²) in [7, 11) is 0. The van der Waals surface area contributed by atoms with Gasteiger partial charge in [-0.05, 0) is 20.4 Å². The van der Waals surface area contributed by atoms with Gasteiger partial charge in [-0.3, -0.25) is 0 Å². The molecule has 3 nitrogen and oxygen atoms in total. The molecule has 0 bridgehead atoms. The first-order chi connectivity index (χ1) is 8.54. The molecule has 18 heavy (non-hydrogen) atoms. The van der Waals surface area contributed by atoms with Crippen molar-refractivity contribution in [3.8, 4) is 0 Å². The fourth-order valence-electron chi connectivity index (χ4n) is 1.71. The molecule has 0 aromatic carbocycles. The van der Waals surface area contributed by atoms with E-state index in [0.717, 1.165) is 17.2 Å². The Labute approximate surface area is 111 Å². The number of aryl methyl sites for hydroxylation is 1. The average molecular weight is 278 g/mol. The second-order valence-electron chi connectivity index (χ2n) is 4.05. The fraction of sp³-hybridized carbons (Fsp3) is 0.750. The zero-order valence-corrected chi connectivity index (χ0v) is 11.8. The summed E-state index contributed by atoms with van der Waals surface area (Å²) in [6.07, 6.45) is -1.80. The second-order valence-corrected chi connectivity index (χ2v) is 5.17. The number of aromatic nitrogens is 1. The van der Waals surface area contributed by atoms with E-state index in [4.69, 9.17) is 4.74 Å². The van der Waals surface area contributed by atoms with Crippen LogP contribution < -0.4 is 5.32 Å². The molecule has 1 N–H and O–H groups in total. The molecule has 1 rings (SSSR count). The number of hydrogen-bond acceptors (Lipinski definition) is 4. The van der Waals surface area contributed by atoms with Crippen LogP contribution in [0, 0.1) is 6.92 Å². The zero-order chi connectivity index (χ0) is 13.5. The van der Waals surface area contributed by atoms with Gasteiger partial charge in [-0.2, -0.15) is 0 Å². The summed E-state index contributed by atoms with van der Waals surface area (Å²) in [6, 6.07) is 0.281. The van der Waals surface area contributed by atoms with Crippen LogP contribution in [0.25, 0.3) is 0 Å². The summed E-state index contributed by atoms with van der Waals surface area (Å²) < 4.78 is 28.6. The molecule has 0 saturated heterocycles. The van der Waals surface area contributed by atoms with Crippen molar-refractivity contribution < 1.29 is 13.5 Å².